The van der Waals surface area contributed by atoms with Crippen molar-refractivity contribution in [2.45, 2.75) is 27.7 Å². The van der Waals surface area contributed by atoms with Crippen molar-refractivity contribution in [3.05, 3.63) is 23.8 Å². The second-order valence-corrected chi connectivity index (χ2v) is 6.67. The average Bonchev–Trinajstić information content (AvgIpc) is 2.35. The number of carbonyl (C=O) groups excluding carboxylic acids is 1. The first-order chi connectivity index (χ1) is 9.72. The van der Waals surface area contributed by atoms with E-state index in [0.717, 1.165) is 18.8 Å². The van der Waals surface area contributed by atoms with E-state index < -0.39 is 0 Å². The molecule has 4 heteroatoms. The second-order valence-electron chi connectivity index (χ2n) is 6.67. The Labute approximate surface area is 128 Å². The van der Waals surface area contributed by atoms with Crippen molar-refractivity contribution in [3.8, 4) is 0 Å². The fraction of sp³-hybridized carbons (Fsp3) is 0.588. The zero-order valence-electron chi connectivity index (χ0n) is 14.2. The standard InChI is InChI=1S/C17H29N3O/c1-12(2)10-20(11-13(3)4)17(21)15-9-14(18)7-8-16(15)19(5)6/h7-9,12-13H,10-11,18H2,1-6H3. The number of hydrogen-bond donors (Lipinski definition) is 1. The van der Waals surface area contributed by atoms with Gasteiger partial charge in [0.1, 0.15) is 0 Å². The fourth-order valence-corrected chi connectivity index (χ4v) is 2.41. The van der Waals surface area contributed by atoms with Gasteiger partial charge in [0.05, 0.1) is 5.56 Å². The molecule has 0 aromatic heterocycles. The van der Waals surface area contributed by atoms with Gasteiger partial charge >= 0.3 is 0 Å². The van der Waals surface area contributed by atoms with Crippen LogP contribution in [0.2, 0.25) is 0 Å². The van der Waals surface area contributed by atoms with Gasteiger partial charge in [-0.25, -0.2) is 0 Å². The third-order valence-corrected chi connectivity index (χ3v) is 3.19. The molecule has 0 unspecified atom stereocenters. The third-order valence-electron chi connectivity index (χ3n) is 3.19. The predicted octanol–water partition coefficient (Wildman–Crippen LogP) is 3.09. The van der Waals surface area contributed by atoms with Gasteiger partial charge < -0.3 is 15.5 Å². The van der Waals surface area contributed by atoms with Gasteiger partial charge in [-0.15, -0.1) is 0 Å². The molecule has 0 saturated heterocycles. The highest BCUT2D eigenvalue weighted by molar-refractivity contribution is 6.00. The van der Waals surface area contributed by atoms with Crippen molar-refractivity contribution < 1.29 is 4.79 Å². The maximum atomic E-state index is 12.9. The summed E-state index contributed by atoms with van der Waals surface area (Å²) in [6, 6.07) is 5.53. The number of anilines is 2. The zero-order valence-corrected chi connectivity index (χ0v) is 14.2. The maximum Gasteiger partial charge on any atom is 0.256 e. The topological polar surface area (TPSA) is 49.6 Å². The number of benzene rings is 1. The van der Waals surface area contributed by atoms with Crippen LogP contribution in [0.25, 0.3) is 0 Å². The molecule has 2 N–H and O–H groups in total. The summed E-state index contributed by atoms with van der Waals surface area (Å²) in [6.07, 6.45) is 0. The Balaban J connectivity index is 3.15. The SMILES string of the molecule is CC(C)CN(CC(C)C)C(=O)c1cc(N)ccc1N(C)C. The van der Waals surface area contributed by atoms with Crippen molar-refractivity contribution in [1.82, 2.24) is 4.90 Å². The highest BCUT2D eigenvalue weighted by Crippen LogP contribution is 2.24. The highest BCUT2D eigenvalue weighted by atomic mass is 16.2. The zero-order chi connectivity index (χ0) is 16.2. The monoisotopic (exact) mass is 291 g/mol. The lowest BCUT2D eigenvalue weighted by Gasteiger charge is -2.28. The summed E-state index contributed by atoms with van der Waals surface area (Å²) in [4.78, 5) is 16.8. The highest BCUT2D eigenvalue weighted by Gasteiger charge is 2.21. The van der Waals surface area contributed by atoms with E-state index in [1.807, 2.05) is 36.0 Å². The second kappa shape index (κ2) is 7.34. The number of nitrogen functional groups attached to an aromatic ring is 1. The van der Waals surface area contributed by atoms with Gasteiger partial charge in [-0.2, -0.15) is 0 Å². The van der Waals surface area contributed by atoms with Crippen molar-refractivity contribution in [2.24, 2.45) is 11.8 Å². The number of hydrogen-bond acceptors (Lipinski definition) is 3. The van der Waals surface area contributed by atoms with Gasteiger partial charge in [0.2, 0.25) is 0 Å². The smallest absolute Gasteiger partial charge is 0.256 e. The minimum absolute atomic E-state index is 0.0633. The number of rotatable bonds is 6. The Hall–Kier alpha value is -1.71. The first kappa shape index (κ1) is 17.3. The Kier molecular flexibility index (Phi) is 6.06. The predicted molar refractivity (Wildman–Crippen MR) is 90.8 cm³/mol. The minimum Gasteiger partial charge on any atom is -0.399 e. The van der Waals surface area contributed by atoms with Crippen LogP contribution in [0.4, 0.5) is 11.4 Å². The summed E-state index contributed by atoms with van der Waals surface area (Å²) in [6.45, 7) is 10.1. The van der Waals surface area contributed by atoms with Crippen LogP contribution in [-0.2, 0) is 0 Å². The van der Waals surface area contributed by atoms with Gasteiger partial charge in [-0.3, -0.25) is 4.79 Å². The lowest BCUT2D eigenvalue weighted by molar-refractivity contribution is 0.0716. The van der Waals surface area contributed by atoms with Crippen molar-refractivity contribution in [3.63, 3.8) is 0 Å². The molecule has 0 bridgehead atoms. The summed E-state index contributed by atoms with van der Waals surface area (Å²) in [5, 5.41) is 0. The van der Waals surface area contributed by atoms with E-state index in [1.54, 1.807) is 6.07 Å². The molecule has 1 amide bonds. The molecule has 1 aromatic carbocycles. The van der Waals surface area contributed by atoms with Crippen LogP contribution < -0.4 is 10.6 Å². The molecule has 4 nitrogen and oxygen atoms in total. The Bertz CT molecular complexity index is 471. The van der Waals surface area contributed by atoms with Gasteiger partial charge in [0.15, 0.2) is 0 Å². The molecule has 0 fully saturated rings. The average molecular weight is 291 g/mol. The van der Waals surface area contributed by atoms with E-state index in [2.05, 4.69) is 27.7 Å². The number of carbonyl (C=O) groups is 1. The Morgan fingerprint density at radius 2 is 1.62 bits per heavy atom. The third kappa shape index (κ3) is 4.96. The van der Waals surface area contributed by atoms with Gasteiger partial charge in [0, 0.05) is 38.6 Å². The van der Waals surface area contributed by atoms with Crippen molar-refractivity contribution in [1.29, 1.82) is 0 Å². The van der Waals surface area contributed by atoms with Crippen molar-refractivity contribution >= 4 is 17.3 Å². The molecule has 0 heterocycles. The Morgan fingerprint density at radius 3 is 2.05 bits per heavy atom. The van der Waals surface area contributed by atoms with Crippen molar-refractivity contribution in [2.75, 3.05) is 37.8 Å². The van der Waals surface area contributed by atoms with Gasteiger partial charge in [-0.1, -0.05) is 27.7 Å². The van der Waals surface area contributed by atoms with Crippen LogP contribution in [-0.4, -0.2) is 38.0 Å². The number of amides is 1. The van der Waals surface area contributed by atoms with E-state index in [-0.39, 0.29) is 5.91 Å². The van der Waals surface area contributed by atoms with Crippen LogP contribution >= 0.6 is 0 Å². The molecule has 0 aliphatic carbocycles. The fourth-order valence-electron chi connectivity index (χ4n) is 2.41. The molecule has 0 aliphatic heterocycles. The quantitative estimate of drug-likeness (QED) is 0.819. The summed E-state index contributed by atoms with van der Waals surface area (Å²) in [5.41, 5.74) is 8.09. The summed E-state index contributed by atoms with van der Waals surface area (Å²) in [7, 11) is 3.88. The van der Waals surface area contributed by atoms with Crippen LogP contribution in [0.15, 0.2) is 18.2 Å². The molecule has 0 spiro atoms. The first-order valence-electron chi connectivity index (χ1n) is 7.58. The van der Waals surface area contributed by atoms with Gasteiger partial charge in [-0.05, 0) is 30.0 Å². The normalized spacial score (nSPS) is 11.0. The minimum atomic E-state index is 0.0633. The molecule has 1 aromatic rings. The van der Waals surface area contributed by atoms with E-state index in [1.165, 1.54) is 0 Å². The molecule has 0 atom stereocenters. The lowest BCUT2D eigenvalue weighted by Crippen LogP contribution is -2.37. The first-order valence-corrected chi connectivity index (χ1v) is 7.58. The molecule has 0 saturated carbocycles. The summed E-state index contributed by atoms with van der Waals surface area (Å²) in [5.74, 6) is 0.946. The largest absolute Gasteiger partial charge is 0.399 e. The van der Waals surface area contributed by atoms with Crippen LogP contribution in [0.5, 0.6) is 0 Å². The van der Waals surface area contributed by atoms with Crippen LogP contribution in [0.1, 0.15) is 38.1 Å². The molecule has 1 rings (SSSR count). The van der Waals surface area contributed by atoms with Gasteiger partial charge in [0.25, 0.3) is 5.91 Å². The van der Waals surface area contributed by atoms with E-state index >= 15 is 0 Å². The van der Waals surface area contributed by atoms with Crippen LogP contribution in [0.3, 0.4) is 0 Å². The Morgan fingerprint density at radius 1 is 1.10 bits per heavy atom. The number of nitrogens with zero attached hydrogens (tertiary/aromatic N) is 2. The molecule has 21 heavy (non-hydrogen) atoms. The summed E-state index contributed by atoms with van der Waals surface area (Å²) < 4.78 is 0. The van der Waals surface area contributed by atoms with E-state index in [4.69, 9.17) is 5.73 Å². The van der Waals surface area contributed by atoms with E-state index in [0.29, 0.717) is 23.1 Å². The molecular weight excluding hydrogens is 262 g/mol. The summed E-state index contributed by atoms with van der Waals surface area (Å²) >= 11 is 0. The van der Waals surface area contributed by atoms with E-state index in [9.17, 15) is 4.79 Å². The maximum absolute atomic E-state index is 12.9. The number of nitrogens with two attached hydrogens (primary N) is 1. The van der Waals surface area contributed by atoms with Crippen LogP contribution in [0, 0.1) is 11.8 Å². The molecule has 0 radical (unpaired) electrons. The molecule has 118 valence electrons. The molecular formula is C17H29N3O. The lowest BCUT2D eigenvalue weighted by atomic mass is 10.1. The molecule has 0 aliphatic rings.